The Morgan fingerprint density at radius 3 is 2.44 bits per heavy atom. The second-order valence-corrected chi connectivity index (χ2v) is 9.99. The summed E-state index contributed by atoms with van der Waals surface area (Å²) in [5.41, 5.74) is 1.55. The number of hydrogen-bond acceptors (Lipinski definition) is 5. The summed E-state index contributed by atoms with van der Waals surface area (Å²) in [6.07, 6.45) is 3.57. The highest BCUT2D eigenvalue weighted by Crippen LogP contribution is 2.56. The molecule has 0 bridgehead atoms. The van der Waals surface area contributed by atoms with Crippen LogP contribution in [0, 0.1) is 5.41 Å². The van der Waals surface area contributed by atoms with Gasteiger partial charge < -0.3 is 14.5 Å². The van der Waals surface area contributed by atoms with E-state index < -0.39 is 17.7 Å². The normalized spacial score (nSPS) is 19.2. The van der Waals surface area contributed by atoms with E-state index in [-0.39, 0.29) is 28.2 Å². The van der Waals surface area contributed by atoms with Crippen LogP contribution in [0.15, 0.2) is 53.2 Å². The Morgan fingerprint density at radius 1 is 1.11 bits per heavy atom. The number of pyridine rings is 1. The van der Waals surface area contributed by atoms with Crippen molar-refractivity contribution in [3.63, 3.8) is 0 Å². The lowest BCUT2D eigenvalue weighted by Gasteiger charge is -2.46. The topological polar surface area (TPSA) is 79.5 Å². The molecule has 2 fully saturated rings. The molecular weight excluding hydrogens is 471 g/mol. The molecule has 1 saturated carbocycles. The number of piperidine rings is 1. The summed E-state index contributed by atoms with van der Waals surface area (Å²) in [6, 6.07) is 8.84. The lowest BCUT2D eigenvalue weighted by atomic mass is 9.63. The summed E-state index contributed by atoms with van der Waals surface area (Å²) < 4.78 is 46.9. The SMILES string of the molecule is O=C(O)c1ccc(N2CCC3(C=C(c4c(-c5ccccc5C(F)(F)F)noc4C4CC4)C3)CC2)nc1. The molecule has 3 aromatic rings. The molecule has 2 aromatic heterocycles. The Bertz CT molecular complexity index is 1350. The third kappa shape index (κ3) is 3.96. The molecule has 0 unspecified atom stereocenters. The monoisotopic (exact) mass is 495 g/mol. The molecule has 1 aliphatic heterocycles. The van der Waals surface area contributed by atoms with E-state index in [1.54, 1.807) is 18.2 Å². The first-order valence-electron chi connectivity index (χ1n) is 12.1. The van der Waals surface area contributed by atoms with Gasteiger partial charge in [0.15, 0.2) is 0 Å². The van der Waals surface area contributed by atoms with Crippen LogP contribution in [-0.4, -0.2) is 34.3 Å². The van der Waals surface area contributed by atoms with E-state index >= 15 is 0 Å². The van der Waals surface area contributed by atoms with Crippen molar-refractivity contribution in [1.29, 1.82) is 0 Å². The number of aromatic nitrogens is 2. The predicted molar refractivity (Wildman–Crippen MR) is 127 cm³/mol. The second kappa shape index (κ2) is 8.21. The number of carboxylic acids is 1. The van der Waals surface area contributed by atoms with Gasteiger partial charge in [0.05, 0.1) is 11.1 Å². The fraction of sp³-hybridized carbons (Fsp3) is 0.370. The number of halogens is 3. The van der Waals surface area contributed by atoms with E-state index in [1.807, 2.05) is 0 Å². The summed E-state index contributed by atoms with van der Waals surface area (Å²) in [5.74, 6) is 0.677. The lowest BCUT2D eigenvalue weighted by molar-refractivity contribution is -0.137. The zero-order valence-corrected chi connectivity index (χ0v) is 19.4. The summed E-state index contributed by atoms with van der Waals surface area (Å²) >= 11 is 0. The highest BCUT2D eigenvalue weighted by atomic mass is 19.4. The van der Waals surface area contributed by atoms with Crippen molar-refractivity contribution in [3.8, 4) is 11.3 Å². The number of carbonyl (C=O) groups is 1. The fourth-order valence-corrected chi connectivity index (χ4v) is 5.44. The van der Waals surface area contributed by atoms with Crippen molar-refractivity contribution in [3.05, 3.63) is 71.1 Å². The Hall–Kier alpha value is -3.62. The van der Waals surface area contributed by atoms with Crippen LogP contribution in [-0.2, 0) is 6.18 Å². The van der Waals surface area contributed by atoms with Crippen molar-refractivity contribution in [2.75, 3.05) is 18.0 Å². The van der Waals surface area contributed by atoms with Crippen molar-refractivity contribution in [1.82, 2.24) is 10.1 Å². The lowest BCUT2D eigenvalue weighted by Crippen LogP contribution is -2.42. The Labute approximate surface area is 205 Å². The molecule has 6 nitrogen and oxygen atoms in total. The molecule has 1 aromatic carbocycles. The Balaban J connectivity index is 1.26. The van der Waals surface area contributed by atoms with Gasteiger partial charge >= 0.3 is 12.1 Å². The van der Waals surface area contributed by atoms with Gasteiger partial charge in [-0.25, -0.2) is 9.78 Å². The third-order valence-corrected chi connectivity index (χ3v) is 7.58. The second-order valence-electron chi connectivity index (χ2n) is 9.99. The Morgan fingerprint density at radius 2 is 1.83 bits per heavy atom. The molecule has 186 valence electrons. The van der Waals surface area contributed by atoms with Crippen LogP contribution in [0.5, 0.6) is 0 Å². The van der Waals surface area contributed by atoms with Crippen LogP contribution in [0.3, 0.4) is 0 Å². The standard InChI is InChI=1S/C27H24F3N3O3/c28-27(29,30)20-4-2-1-3-19(20)23-22(24(36-32-23)16-5-6-16)18-13-26(14-18)9-11-33(12-10-26)21-8-7-17(15-31-21)25(34)35/h1-4,7-8,13,15-16H,5-6,9-12,14H2,(H,34,35). The van der Waals surface area contributed by atoms with Crippen molar-refractivity contribution < 1.29 is 27.6 Å². The Kier molecular flexibility index (Phi) is 5.21. The maximum absolute atomic E-state index is 13.8. The number of allylic oxidation sites excluding steroid dienone is 2. The maximum atomic E-state index is 13.8. The van der Waals surface area contributed by atoms with E-state index in [1.165, 1.54) is 18.3 Å². The zero-order valence-electron chi connectivity index (χ0n) is 19.4. The molecular formula is C27H24F3N3O3. The molecule has 1 spiro atoms. The molecule has 0 radical (unpaired) electrons. The number of anilines is 1. The summed E-state index contributed by atoms with van der Waals surface area (Å²) in [5, 5.41) is 13.2. The van der Waals surface area contributed by atoms with E-state index in [0.717, 1.165) is 68.2 Å². The first kappa shape index (κ1) is 22.8. The molecule has 1 saturated heterocycles. The minimum absolute atomic E-state index is 0.00819. The van der Waals surface area contributed by atoms with Gasteiger partial charge in [0.2, 0.25) is 0 Å². The summed E-state index contributed by atoms with van der Waals surface area (Å²) in [4.78, 5) is 17.5. The molecule has 2 aliphatic carbocycles. The van der Waals surface area contributed by atoms with E-state index in [4.69, 9.17) is 9.63 Å². The van der Waals surface area contributed by atoms with Gasteiger partial charge in [-0.1, -0.05) is 29.4 Å². The average molecular weight is 496 g/mol. The smallest absolute Gasteiger partial charge is 0.417 e. The largest absolute Gasteiger partial charge is 0.478 e. The molecule has 1 N–H and O–H groups in total. The molecule has 3 heterocycles. The molecule has 9 heteroatoms. The number of aromatic carboxylic acids is 1. The number of rotatable bonds is 5. The summed E-state index contributed by atoms with van der Waals surface area (Å²) in [7, 11) is 0. The fourth-order valence-electron chi connectivity index (χ4n) is 5.44. The van der Waals surface area contributed by atoms with Gasteiger partial charge in [-0.3, -0.25) is 0 Å². The first-order chi connectivity index (χ1) is 17.2. The molecule has 0 amide bonds. The highest BCUT2D eigenvalue weighted by Gasteiger charge is 2.45. The third-order valence-electron chi connectivity index (χ3n) is 7.58. The van der Waals surface area contributed by atoms with Crippen molar-refractivity contribution in [2.24, 2.45) is 5.41 Å². The minimum Gasteiger partial charge on any atom is -0.478 e. The number of benzene rings is 1. The first-order valence-corrected chi connectivity index (χ1v) is 12.1. The van der Waals surface area contributed by atoms with Crippen LogP contribution < -0.4 is 4.90 Å². The van der Waals surface area contributed by atoms with Crippen molar-refractivity contribution in [2.45, 2.75) is 44.2 Å². The van der Waals surface area contributed by atoms with E-state index in [0.29, 0.717) is 5.76 Å². The van der Waals surface area contributed by atoms with Crippen LogP contribution in [0.1, 0.15) is 65.3 Å². The van der Waals surface area contributed by atoms with Crippen LogP contribution in [0.4, 0.5) is 19.0 Å². The van der Waals surface area contributed by atoms with Gasteiger partial charge in [0.1, 0.15) is 17.3 Å². The number of nitrogens with zero attached hydrogens (tertiary/aromatic N) is 3. The number of carboxylic acid groups (broad SMARTS) is 1. The number of hydrogen-bond donors (Lipinski definition) is 1. The quantitative estimate of drug-likeness (QED) is 0.441. The average Bonchev–Trinajstić information content (AvgIpc) is 3.60. The van der Waals surface area contributed by atoms with Crippen LogP contribution in [0.25, 0.3) is 16.8 Å². The molecule has 36 heavy (non-hydrogen) atoms. The minimum atomic E-state index is -4.48. The van der Waals surface area contributed by atoms with Gasteiger partial charge in [-0.05, 0) is 61.3 Å². The van der Waals surface area contributed by atoms with Gasteiger partial charge in [-0.15, -0.1) is 0 Å². The zero-order chi connectivity index (χ0) is 25.1. The molecule has 0 atom stereocenters. The number of alkyl halides is 3. The van der Waals surface area contributed by atoms with Crippen LogP contribution in [0.2, 0.25) is 0 Å². The van der Waals surface area contributed by atoms with Gasteiger partial charge in [0, 0.05) is 36.3 Å². The van der Waals surface area contributed by atoms with Gasteiger partial charge in [0.25, 0.3) is 0 Å². The summed E-state index contributed by atoms with van der Waals surface area (Å²) in [6.45, 7) is 1.54. The van der Waals surface area contributed by atoms with E-state index in [9.17, 15) is 18.0 Å². The molecule has 6 rings (SSSR count). The van der Waals surface area contributed by atoms with Crippen LogP contribution >= 0.6 is 0 Å². The highest BCUT2D eigenvalue weighted by molar-refractivity contribution is 5.87. The maximum Gasteiger partial charge on any atom is 0.417 e. The molecule has 3 aliphatic rings. The van der Waals surface area contributed by atoms with E-state index in [2.05, 4.69) is 21.1 Å². The van der Waals surface area contributed by atoms with Crippen molar-refractivity contribution >= 4 is 17.4 Å². The van der Waals surface area contributed by atoms with Gasteiger partial charge in [-0.2, -0.15) is 13.2 Å². The predicted octanol–water partition coefficient (Wildman–Crippen LogP) is 6.40.